The smallest absolute Gasteiger partial charge is 0.253 e. The molecule has 0 aliphatic heterocycles. The second kappa shape index (κ2) is 5.74. The van der Waals surface area contributed by atoms with Gasteiger partial charge < -0.3 is 9.88 Å². The number of hydrogen-bond donors (Lipinski definition) is 1. The van der Waals surface area contributed by atoms with E-state index in [4.69, 9.17) is 0 Å². The van der Waals surface area contributed by atoms with Crippen LogP contribution in [0.4, 0.5) is 0 Å². The number of pyridine rings is 1. The number of nitrogens with zero attached hydrogens (tertiary/aromatic N) is 1. The minimum absolute atomic E-state index is 0.0825. The second-order valence-corrected chi connectivity index (χ2v) is 4.92. The first-order valence-electron chi connectivity index (χ1n) is 6.52. The molecule has 2 aromatic rings. The van der Waals surface area contributed by atoms with Crippen molar-refractivity contribution in [1.29, 1.82) is 0 Å². The van der Waals surface area contributed by atoms with Crippen molar-refractivity contribution >= 4 is 5.91 Å². The van der Waals surface area contributed by atoms with Gasteiger partial charge in [0.25, 0.3) is 5.91 Å². The van der Waals surface area contributed by atoms with Crippen molar-refractivity contribution in [2.75, 3.05) is 0 Å². The molecule has 0 unspecified atom stereocenters. The minimum Gasteiger partial charge on any atom is -0.345 e. The van der Waals surface area contributed by atoms with Crippen molar-refractivity contribution in [1.82, 2.24) is 9.88 Å². The number of aromatic nitrogens is 1. The summed E-state index contributed by atoms with van der Waals surface area (Å²) in [6.45, 7) is 3.96. The zero-order valence-corrected chi connectivity index (χ0v) is 11.9. The zero-order valence-electron chi connectivity index (χ0n) is 11.9. The van der Waals surface area contributed by atoms with Gasteiger partial charge in [0.2, 0.25) is 5.56 Å². The fourth-order valence-corrected chi connectivity index (χ4v) is 2.16. The van der Waals surface area contributed by atoms with Crippen LogP contribution in [0.1, 0.15) is 34.5 Å². The Morgan fingerprint density at radius 1 is 1.20 bits per heavy atom. The van der Waals surface area contributed by atoms with E-state index >= 15 is 0 Å². The molecule has 2 rings (SSSR count). The molecule has 20 heavy (non-hydrogen) atoms. The summed E-state index contributed by atoms with van der Waals surface area (Å²) in [6.07, 6.45) is 1.54. The van der Waals surface area contributed by atoms with E-state index in [1.807, 2.05) is 38.1 Å². The summed E-state index contributed by atoms with van der Waals surface area (Å²) in [6, 6.07) is 10.8. The topological polar surface area (TPSA) is 51.1 Å². The maximum atomic E-state index is 12.2. The Labute approximate surface area is 118 Å². The van der Waals surface area contributed by atoms with Crippen LogP contribution in [0.15, 0.2) is 47.4 Å². The van der Waals surface area contributed by atoms with Crippen LogP contribution < -0.4 is 10.9 Å². The van der Waals surface area contributed by atoms with Crippen LogP contribution in [0.5, 0.6) is 0 Å². The first-order chi connectivity index (χ1) is 9.49. The molecule has 4 nitrogen and oxygen atoms in total. The van der Waals surface area contributed by atoms with Crippen LogP contribution in [0.2, 0.25) is 0 Å². The lowest BCUT2D eigenvalue weighted by Gasteiger charge is -2.16. The van der Waals surface area contributed by atoms with Gasteiger partial charge in [-0.2, -0.15) is 0 Å². The largest absolute Gasteiger partial charge is 0.345 e. The molecular formula is C16H18N2O2. The quantitative estimate of drug-likeness (QED) is 0.929. The van der Waals surface area contributed by atoms with Crippen molar-refractivity contribution in [3.8, 4) is 0 Å². The average molecular weight is 270 g/mol. The van der Waals surface area contributed by atoms with E-state index < -0.39 is 0 Å². The summed E-state index contributed by atoms with van der Waals surface area (Å²) in [7, 11) is 1.63. The average Bonchev–Trinajstić information content (AvgIpc) is 2.42. The second-order valence-electron chi connectivity index (χ2n) is 4.92. The summed E-state index contributed by atoms with van der Waals surface area (Å²) >= 11 is 0. The van der Waals surface area contributed by atoms with E-state index in [1.165, 1.54) is 10.6 Å². The van der Waals surface area contributed by atoms with Gasteiger partial charge in [-0.05, 0) is 31.0 Å². The van der Waals surface area contributed by atoms with Gasteiger partial charge in [-0.25, -0.2) is 0 Å². The summed E-state index contributed by atoms with van der Waals surface area (Å²) in [5.41, 5.74) is 2.58. The van der Waals surface area contributed by atoms with Gasteiger partial charge in [0, 0.05) is 19.3 Å². The molecule has 0 aliphatic rings. The van der Waals surface area contributed by atoms with Crippen molar-refractivity contribution in [3.63, 3.8) is 0 Å². The van der Waals surface area contributed by atoms with E-state index in [-0.39, 0.29) is 17.5 Å². The van der Waals surface area contributed by atoms with Crippen LogP contribution in [-0.2, 0) is 7.05 Å². The predicted octanol–water partition coefficient (Wildman–Crippen LogP) is 2.18. The van der Waals surface area contributed by atoms with E-state index in [0.29, 0.717) is 5.56 Å². The first-order valence-corrected chi connectivity index (χ1v) is 6.52. The SMILES string of the molecule is Cc1ccccc1[C@@H](C)NC(=O)c1ccc(=O)n(C)c1. The van der Waals surface area contributed by atoms with E-state index in [9.17, 15) is 9.59 Å². The molecule has 1 aromatic heterocycles. The fourth-order valence-electron chi connectivity index (χ4n) is 2.16. The molecule has 4 heteroatoms. The Balaban J connectivity index is 2.17. The predicted molar refractivity (Wildman–Crippen MR) is 78.7 cm³/mol. The van der Waals surface area contributed by atoms with Crippen molar-refractivity contribution in [2.24, 2.45) is 7.05 Å². The summed E-state index contributed by atoms with van der Waals surface area (Å²) < 4.78 is 1.40. The molecule has 104 valence electrons. The lowest BCUT2D eigenvalue weighted by atomic mass is 10.0. The van der Waals surface area contributed by atoms with Crippen molar-refractivity contribution in [2.45, 2.75) is 19.9 Å². The van der Waals surface area contributed by atoms with Gasteiger partial charge in [0.15, 0.2) is 0 Å². The molecule has 1 aromatic carbocycles. The van der Waals surface area contributed by atoms with E-state index in [2.05, 4.69) is 5.32 Å². The number of amides is 1. The number of rotatable bonds is 3. The Hall–Kier alpha value is -2.36. The highest BCUT2D eigenvalue weighted by atomic mass is 16.2. The third-order valence-electron chi connectivity index (χ3n) is 3.35. The molecule has 0 saturated heterocycles. The Bertz CT molecular complexity index is 689. The van der Waals surface area contributed by atoms with Crippen LogP contribution in [0, 0.1) is 6.92 Å². The third-order valence-corrected chi connectivity index (χ3v) is 3.35. The molecular weight excluding hydrogens is 252 g/mol. The van der Waals surface area contributed by atoms with Crippen molar-refractivity contribution < 1.29 is 4.79 Å². The number of benzene rings is 1. The van der Waals surface area contributed by atoms with Gasteiger partial charge in [-0.15, -0.1) is 0 Å². The molecule has 1 heterocycles. The number of carbonyl (C=O) groups excluding carboxylic acids is 1. The maximum Gasteiger partial charge on any atom is 0.253 e. The maximum absolute atomic E-state index is 12.2. The highest BCUT2D eigenvalue weighted by Crippen LogP contribution is 2.17. The third kappa shape index (κ3) is 2.96. The van der Waals surface area contributed by atoms with Gasteiger partial charge in [-0.1, -0.05) is 24.3 Å². The molecule has 0 bridgehead atoms. The number of hydrogen-bond acceptors (Lipinski definition) is 2. The lowest BCUT2D eigenvalue weighted by molar-refractivity contribution is 0.0939. The first kappa shape index (κ1) is 14.1. The van der Waals surface area contributed by atoms with Crippen LogP contribution in [-0.4, -0.2) is 10.5 Å². The molecule has 0 fully saturated rings. The summed E-state index contributed by atoms with van der Waals surface area (Å²) in [5.74, 6) is -0.184. The van der Waals surface area contributed by atoms with E-state index in [0.717, 1.165) is 11.1 Å². The van der Waals surface area contributed by atoms with Gasteiger partial charge >= 0.3 is 0 Å². The highest BCUT2D eigenvalue weighted by Gasteiger charge is 2.13. The van der Waals surface area contributed by atoms with Gasteiger partial charge in [-0.3, -0.25) is 9.59 Å². The monoisotopic (exact) mass is 270 g/mol. The Kier molecular flexibility index (Phi) is 4.03. The Morgan fingerprint density at radius 3 is 2.55 bits per heavy atom. The van der Waals surface area contributed by atoms with E-state index in [1.54, 1.807) is 19.3 Å². The zero-order chi connectivity index (χ0) is 14.7. The fraction of sp³-hybridized carbons (Fsp3) is 0.250. The standard InChI is InChI=1S/C16H18N2O2/c1-11-6-4-5-7-14(11)12(2)17-16(20)13-8-9-15(19)18(3)10-13/h4-10,12H,1-3H3,(H,17,20)/t12-/m1/s1. The molecule has 0 aliphatic carbocycles. The molecule has 0 radical (unpaired) electrons. The number of aryl methyl sites for hydroxylation is 2. The molecule has 0 spiro atoms. The Morgan fingerprint density at radius 2 is 1.90 bits per heavy atom. The highest BCUT2D eigenvalue weighted by molar-refractivity contribution is 5.94. The summed E-state index contributed by atoms with van der Waals surface area (Å²) in [5, 5.41) is 2.95. The van der Waals surface area contributed by atoms with Crippen molar-refractivity contribution in [3.05, 3.63) is 69.6 Å². The molecule has 0 saturated carbocycles. The number of nitrogens with one attached hydrogen (secondary N) is 1. The van der Waals surface area contributed by atoms with Crippen LogP contribution in [0.3, 0.4) is 0 Å². The lowest BCUT2D eigenvalue weighted by Crippen LogP contribution is -2.28. The number of carbonyl (C=O) groups is 1. The molecule has 1 N–H and O–H groups in total. The normalized spacial score (nSPS) is 11.9. The molecule has 1 amide bonds. The summed E-state index contributed by atoms with van der Waals surface area (Å²) in [4.78, 5) is 23.5. The van der Waals surface area contributed by atoms with Crippen LogP contribution >= 0.6 is 0 Å². The van der Waals surface area contributed by atoms with Gasteiger partial charge in [0.1, 0.15) is 0 Å². The molecule has 1 atom stereocenters. The van der Waals surface area contributed by atoms with Gasteiger partial charge in [0.05, 0.1) is 11.6 Å². The van der Waals surface area contributed by atoms with Crippen LogP contribution in [0.25, 0.3) is 0 Å². The minimum atomic E-state index is -0.184.